The Bertz CT molecular complexity index is 1910. The normalized spacial score (nSPS) is 27.6. The molecule has 0 amide bonds. The molecule has 17 heteroatoms. The fourth-order valence-electron chi connectivity index (χ4n) is 6.64. The zero-order chi connectivity index (χ0) is 40.6. The number of hydrogen-bond donors (Lipinski definition) is 8. The third kappa shape index (κ3) is 9.54. The predicted octanol–water partition coefficient (Wildman–Crippen LogP) is -0.259. The van der Waals surface area contributed by atoms with Crippen molar-refractivity contribution in [1.82, 2.24) is 14.8 Å². The molecule has 0 saturated carbocycles. The van der Waals surface area contributed by atoms with Crippen LogP contribution in [-0.4, -0.2) is 138 Å². The third-order valence-electron chi connectivity index (χ3n) is 9.99. The number of aromatic nitrogens is 3. The average molecular weight is 800 g/mol. The second-order valence-electron chi connectivity index (χ2n) is 13.8. The maximum absolute atomic E-state index is 13.2. The Labute approximate surface area is 322 Å². The summed E-state index contributed by atoms with van der Waals surface area (Å²) in [6.45, 7) is 1.98. The molecule has 302 valence electrons. The number of benzene rings is 4. The summed E-state index contributed by atoms with van der Waals surface area (Å²) in [6.07, 6.45) is -8.84. The number of rotatable bonds is 9. The summed E-state index contributed by atoms with van der Waals surface area (Å²) in [4.78, 5) is 3.98. The largest absolute Gasteiger partial charge is 0.394 e. The molecule has 5 aromatic rings. The van der Waals surface area contributed by atoms with Crippen molar-refractivity contribution in [2.75, 3.05) is 19.8 Å². The van der Waals surface area contributed by atoms with Crippen LogP contribution in [0.15, 0.2) is 104 Å². The van der Waals surface area contributed by atoms with Gasteiger partial charge in [0.15, 0.2) is 6.29 Å². The summed E-state index contributed by atoms with van der Waals surface area (Å²) in [7, 11) is -2.22. The predicted molar refractivity (Wildman–Crippen MR) is 201 cm³/mol. The Balaban J connectivity index is 0.000000170. The van der Waals surface area contributed by atoms with Gasteiger partial charge in [-0.15, -0.1) is 0 Å². The fourth-order valence-corrected chi connectivity index (χ4v) is 9.96. The Kier molecular flexibility index (Phi) is 14.5. The van der Waals surface area contributed by atoms with Gasteiger partial charge < -0.3 is 55.1 Å². The van der Waals surface area contributed by atoms with Gasteiger partial charge in [-0.25, -0.2) is 13.8 Å². The van der Waals surface area contributed by atoms with Gasteiger partial charge in [0.25, 0.3) is 0 Å². The van der Waals surface area contributed by atoms with E-state index in [0.717, 1.165) is 10.4 Å². The van der Waals surface area contributed by atoms with Crippen LogP contribution in [0.25, 0.3) is 10.8 Å². The van der Waals surface area contributed by atoms with Gasteiger partial charge in [-0.05, 0) is 47.5 Å². The third-order valence-corrected chi connectivity index (χ3v) is 14.2. The van der Waals surface area contributed by atoms with E-state index in [2.05, 4.69) is 66.0 Å². The highest BCUT2D eigenvalue weighted by Crippen LogP contribution is 2.36. The van der Waals surface area contributed by atoms with Gasteiger partial charge in [0.05, 0.1) is 13.2 Å². The van der Waals surface area contributed by atoms with Crippen molar-refractivity contribution in [2.45, 2.75) is 74.4 Å². The van der Waals surface area contributed by atoms with Gasteiger partial charge >= 0.3 is 0 Å². The second kappa shape index (κ2) is 18.9. The highest BCUT2D eigenvalue weighted by molar-refractivity contribution is 7.00. The van der Waals surface area contributed by atoms with Crippen LogP contribution in [0.2, 0.25) is 6.55 Å². The lowest BCUT2D eigenvalue weighted by Crippen LogP contribution is -2.62. The molecule has 8 N–H and O–H groups in total. The molecule has 0 spiro atoms. The molecule has 0 radical (unpaired) electrons. The molecule has 56 heavy (non-hydrogen) atoms. The van der Waals surface area contributed by atoms with Crippen LogP contribution < -0.4 is 10.4 Å². The van der Waals surface area contributed by atoms with E-state index >= 15 is 0 Å². The molecule has 14 nitrogen and oxygen atoms in total. The number of aliphatic hydroxyl groups excluding tert-OH is 8. The van der Waals surface area contributed by atoms with E-state index in [1.165, 1.54) is 46.9 Å². The van der Waals surface area contributed by atoms with Crippen molar-refractivity contribution >= 4 is 29.2 Å². The van der Waals surface area contributed by atoms with E-state index in [9.17, 15) is 39.4 Å². The Morgan fingerprint density at radius 1 is 0.750 bits per heavy atom. The molecule has 2 aliphatic heterocycles. The Hall–Kier alpha value is -4.08. The van der Waals surface area contributed by atoms with Gasteiger partial charge in [-0.2, -0.15) is 5.10 Å². The molecule has 0 aliphatic carbocycles. The number of halogens is 2. The minimum absolute atomic E-state index is 0.264. The number of hydrogen-bond acceptors (Lipinski definition) is 13. The highest BCUT2D eigenvalue weighted by Gasteiger charge is 2.58. The van der Waals surface area contributed by atoms with Crippen LogP contribution in [0.3, 0.4) is 0 Å². The lowest BCUT2D eigenvalue weighted by atomic mass is 9.99. The van der Waals surface area contributed by atoms with Crippen LogP contribution in [-0.2, 0) is 20.4 Å². The minimum atomic E-state index is -2.22. The zero-order valence-corrected chi connectivity index (χ0v) is 31.7. The van der Waals surface area contributed by atoms with E-state index in [4.69, 9.17) is 24.4 Å². The van der Waals surface area contributed by atoms with Gasteiger partial charge in [-0.1, -0.05) is 83.7 Å². The molecule has 1 aromatic heterocycles. The van der Waals surface area contributed by atoms with Crippen LogP contribution in [0.1, 0.15) is 5.56 Å². The van der Waals surface area contributed by atoms with Crippen LogP contribution in [0.5, 0.6) is 0 Å². The van der Waals surface area contributed by atoms with E-state index in [1.807, 2.05) is 24.3 Å². The first-order chi connectivity index (χ1) is 26.8. The topological polar surface area (TPSA) is 220 Å². The zero-order valence-electron chi connectivity index (χ0n) is 30.7. The maximum atomic E-state index is 13.2. The number of ether oxygens (including phenoxy) is 3. The van der Waals surface area contributed by atoms with Crippen molar-refractivity contribution in [1.29, 1.82) is 0 Å². The first-order valence-corrected chi connectivity index (χ1v) is 20.5. The molecule has 4 aromatic carbocycles. The first kappa shape index (κ1) is 43.0. The van der Waals surface area contributed by atoms with Crippen molar-refractivity contribution in [3.8, 4) is 0 Å². The van der Waals surface area contributed by atoms with Crippen LogP contribution in [0.4, 0.5) is 8.78 Å². The Morgan fingerprint density at radius 3 is 1.86 bits per heavy atom. The number of aryl methyl sites for hydroxylation is 1. The van der Waals surface area contributed by atoms with E-state index in [0.29, 0.717) is 6.17 Å². The summed E-state index contributed by atoms with van der Waals surface area (Å²) in [6, 6.07) is 27.9. The van der Waals surface area contributed by atoms with Crippen molar-refractivity contribution in [3.63, 3.8) is 0 Å². The summed E-state index contributed by atoms with van der Waals surface area (Å²) in [5.74, 6) is -2.75. The van der Waals surface area contributed by atoms with Gasteiger partial charge in [0.2, 0.25) is 5.79 Å². The number of nitrogens with zero attached hydrogens (tertiary/aromatic N) is 3. The number of fused-ring (bicyclic) bond motifs is 1. The Morgan fingerprint density at radius 2 is 1.34 bits per heavy atom. The van der Waals surface area contributed by atoms with E-state index in [1.54, 1.807) is 11.0 Å². The standard InChI is InChI=1S/C16H15F2N3Si.C12H22O11.C11H10/c1-22(12-21-11-19-10-20-21,15-6-2-13(17)3-7-15)16-8-4-14(18)5-9-16;13-1-4-6(16)8(18)9(19)11(21-4)23-12(3-15)10(20)7(17)5(2-14)22-12;1-9-5-4-7-10-6-2-3-8-11(9)10/h2-11H,12H2,1H3;4-11,13-20H,1-3H2;2-8H,1H3/t;4-,5-,6-,7-,8+,9-,10+,11-,12+;/m.1./s1. The van der Waals surface area contributed by atoms with Crippen LogP contribution in [0, 0.1) is 18.6 Å². The fraction of sp³-hybridized carbons (Fsp3) is 0.385. The quantitative estimate of drug-likeness (QED) is 0.0903. The minimum Gasteiger partial charge on any atom is -0.394 e. The van der Waals surface area contributed by atoms with Gasteiger partial charge in [-0.3, -0.25) is 4.68 Å². The molecule has 3 heterocycles. The van der Waals surface area contributed by atoms with Crippen molar-refractivity contribution < 1.29 is 63.8 Å². The number of aliphatic hydroxyl groups is 8. The SMILES string of the molecule is C[Si](Cn1cncn1)(c1ccc(F)cc1)c1ccc(F)cc1.Cc1cccc2ccccc12.OC[C@H]1O[C@@](CO)(O[C@H]2O[C@H](CO)[C@@H](O)[C@H](O)[C@H]2O)[C@@H](O)[C@@H]1O. The summed E-state index contributed by atoms with van der Waals surface area (Å²) in [5, 5.41) is 85.7. The average Bonchev–Trinajstić information content (AvgIpc) is 3.81. The molecule has 9 atom stereocenters. The van der Waals surface area contributed by atoms with Crippen molar-refractivity contribution in [3.05, 3.63) is 121 Å². The first-order valence-electron chi connectivity index (χ1n) is 17.8. The molecular formula is C39H47F2N3O11Si. The molecule has 2 saturated heterocycles. The molecule has 0 bridgehead atoms. The van der Waals surface area contributed by atoms with E-state index < -0.39 is 82.7 Å². The molecule has 2 fully saturated rings. The second-order valence-corrected chi connectivity index (χ2v) is 17.9. The lowest BCUT2D eigenvalue weighted by molar-refractivity contribution is -0.383. The van der Waals surface area contributed by atoms with Gasteiger partial charge in [0.1, 0.15) is 81.7 Å². The van der Waals surface area contributed by atoms with Crippen molar-refractivity contribution in [2.24, 2.45) is 0 Å². The summed E-state index contributed by atoms with van der Waals surface area (Å²) in [5.41, 5.74) is 1.35. The molecule has 0 unspecified atom stereocenters. The van der Waals surface area contributed by atoms with E-state index in [-0.39, 0.29) is 11.6 Å². The van der Waals surface area contributed by atoms with Crippen LogP contribution >= 0.6 is 0 Å². The lowest BCUT2D eigenvalue weighted by Gasteiger charge is -2.43. The summed E-state index contributed by atoms with van der Waals surface area (Å²) >= 11 is 0. The summed E-state index contributed by atoms with van der Waals surface area (Å²) < 4.78 is 43.7. The van der Waals surface area contributed by atoms with Gasteiger partial charge in [0, 0.05) is 6.17 Å². The monoisotopic (exact) mass is 799 g/mol. The maximum Gasteiger partial charge on any atom is 0.224 e. The molecule has 7 rings (SSSR count). The smallest absolute Gasteiger partial charge is 0.224 e. The molecular weight excluding hydrogens is 753 g/mol. The molecule has 2 aliphatic rings. The highest BCUT2D eigenvalue weighted by atomic mass is 28.3.